The van der Waals surface area contributed by atoms with Crippen molar-refractivity contribution in [1.82, 2.24) is 21.3 Å². The first-order chi connectivity index (χ1) is 17.5. The van der Waals surface area contributed by atoms with Crippen LogP contribution >= 0.6 is 0 Å². The molecule has 0 fully saturated rings. The first-order valence-electron chi connectivity index (χ1n) is 11.8. The lowest BCUT2D eigenvalue weighted by Crippen LogP contribution is -2.52. The van der Waals surface area contributed by atoms with E-state index in [4.69, 9.17) is 0 Å². The summed E-state index contributed by atoms with van der Waals surface area (Å²) in [6.07, 6.45) is 0.807. The largest absolute Gasteiger partial charge is 0.357 e. The Balaban J connectivity index is 1.47. The van der Waals surface area contributed by atoms with Crippen LogP contribution in [0.1, 0.15) is 27.0 Å². The molecule has 0 bridgehead atoms. The van der Waals surface area contributed by atoms with Crippen LogP contribution in [0.3, 0.4) is 0 Å². The van der Waals surface area contributed by atoms with Gasteiger partial charge in [-0.25, -0.2) is 0 Å². The van der Waals surface area contributed by atoms with Crippen molar-refractivity contribution in [2.75, 3.05) is 26.7 Å². The Labute approximate surface area is 211 Å². The summed E-state index contributed by atoms with van der Waals surface area (Å²) >= 11 is 0. The number of nitrogens with one attached hydrogen (secondary N) is 4. The molecule has 0 heterocycles. The smallest absolute Gasteiger partial charge is 0.251 e. The summed E-state index contributed by atoms with van der Waals surface area (Å²) in [5, 5.41) is 11.0. The van der Waals surface area contributed by atoms with Gasteiger partial charge in [-0.1, -0.05) is 60.4 Å². The predicted octanol–water partition coefficient (Wildman–Crippen LogP) is 1.88. The minimum Gasteiger partial charge on any atom is -0.357 e. The third-order valence-corrected chi connectivity index (χ3v) is 5.36. The number of carbonyl (C=O) groups is 3. The lowest BCUT2D eigenvalue weighted by molar-refractivity contribution is -0.123. The Bertz CT molecular complexity index is 1200. The van der Waals surface area contributed by atoms with E-state index in [9.17, 15) is 14.4 Å². The van der Waals surface area contributed by atoms with Crippen molar-refractivity contribution in [3.05, 3.63) is 107 Å². The SMILES string of the molecule is CNC(=O)[C@H](CNC(=O)CNCCc1ccccc1)NC(=O)c1ccc(C#Cc2ccccc2)cc1. The molecule has 7 heteroatoms. The Morgan fingerprint density at radius 1 is 0.806 bits per heavy atom. The van der Waals surface area contributed by atoms with Gasteiger partial charge in [0, 0.05) is 30.3 Å². The fourth-order valence-corrected chi connectivity index (χ4v) is 3.35. The molecular formula is C29H30N4O3. The van der Waals surface area contributed by atoms with Gasteiger partial charge < -0.3 is 21.3 Å². The molecule has 3 rings (SSSR count). The van der Waals surface area contributed by atoms with E-state index in [0.717, 1.165) is 17.5 Å². The van der Waals surface area contributed by atoms with Gasteiger partial charge in [0.2, 0.25) is 11.8 Å². The van der Waals surface area contributed by atoms with Crippen LogP contribution < -0.4 is 21.3 Å². The molecule has 0 unspecified atom stereocenters. The molecule has 0 aliphatic carbocycles. The molecule has 184 valence electrons. The van der Waals surface area contributed by atoms with Crippen LogP contribution in [0.15, 0.2) is 84.9 Å². The highest BCUT2D eigenvalue weighted by Crippen LogP contribution is 2.05. The van der Waals surface area contributed by atoms with Crippen LogP contribution in [-0.2, 0) is 16.0 Å². The van der Waals surface area contributed by atoms with E-state index in [1.807, 2.05) is 60.7 Å². The van der Waals surface area contributed by atoms with Crippen LogP contribution in [0.25, 0.3) is 0 Å². The molecular weight excluding hydrogens is 452 g/mol. The summed E-state index contributed by atoms with van der Waals surface area (Å²) in [6.45, 7) is 0.747. The first kappa shape index (κ1) is 26.2. The summed E-state index contributed by atoms with van der Waals surface area (Å²) in [4.78, 5) is 37.2. The van der Waals surface area contributed by atoms with Gasteiger partial charge in [0.1, 0.15) is 6.04 Å². The molecule has 0 aromatic heterocycles. The van der Waals surface area contributed by atoms with E-state index in [-0.39, 0.29) is 19.0 Å². The second kappa shape index (κ2) is 14.1. The molecule has 1 atom stereocenters. The lowest BCUT2D eigenvalue weighted by atomic mass is 10.1. The Morgan fingerprint density at radius 3 is 2.06 bits per heavy atom. The van der Waals surface area contributed by atoms with Crippen molar-refractivity contribution in [2.45, 2.75) is 12.5 Å². The summed E-state index contributed by atoms with van der Waals surface area (Å²) in [5.41, 5.74) is 3.25. The zero-order chi connectivity index (χ0) is 25.6. The molecule has 0 aliphatic heterocycles. The number of carbonyl (C=O) groups excluding carboxylic acids is 3. The number of hydrogen-bond donors (Lipinski definition) is 4. The van der Waals surface area contributed by atoms with Gasteiger partial charge in [-0.15, -0.1) is 0 Å². The van der Waals surface area contributed by atoms with Crippen molar-refractivity contribution in [3.8, 4) is 11.8 Å². The topological polar surface area (TPSA) is 99.3 Å². The normalized spacial score (nSPS) is 10.9. The Kier molecular flexibility index (Phi) is 10.3. The highest BCUT2D eigenvalue weighted by molar-refractivity contribution is 5.97. The second-order valence-electron chi connectivity index (χ2n) is 8.05. The van der Waals surface area contributed by atoms with E-state index >= 15 is 0 Å². The van der Waals surface area contributed by atoms with Crippen molar-refractivity contribution >= 4 is 17.7 Å². The lowest BCUT2D eigenvalue weighted by Gasteiger charge is -2.18. The highest BCUT2D eigenvalue weighted by Gasteiger charge is 2.21. The maximum Gasteiger partial charge on any atom is 0.251 e. The number of rotatable bonds is 10. The minimum atomic E-state index is -0.909. The summed E-state index contributed by atoms with van der Waals surface area (Å²) in [7, 11) is 1.48. The highest BCUT2D eigenvalue weighted by atomic mass is 16.2. The van der Waals surface area contributed by atoms with Crippen molar-refractivity contribution in [2.24, 2.45) is 0 Å². The Morgan fingerprint density at radius 2 is 1.42 bits per heavy atom. The molecule has 0 spiro atoms. The number of hydrogen-bond acceptors (Lipinski definition) is 4. The maximum atomic E-state index is 12.7. The zero-order valence-electron chi connectivity index (χ0n) is 20.2. The molecule has 0 saturated carbocycles. The van der Waals surface area contributed by atoms with Crippen LogP contribution in [0, 0.1) is 11.8 Å². The summed E-state index contributed by atoms with van der Waals surface area (Å²) < 4.78 is 0. The van der Waals surface area contributed by atoms with E-state index in [1.54, 1.807) is 24.3 Å². The van der Waals surface area contributed by atoms with Gasteiger partial charge in [0.15, 0.2) is 0 Å². The summed E-state index contributed by atoms with van der Waals surface area (Å²) in [5.74, 6) is 5.06. The van der Waals surface area contributed by atoms with Gasteiger partial charge in [-0.3, -0.25) is 14.4 Å². The standard InChI is InChI=1S/C29H30N4O3/c1-30-29(36)26(20-32-27(34)21-31-19-18-23-10-6-3-7-11-23)33-28(35)25-16-14-24(15-17-25)13-12-22-8-4-2-5-9-22/h2-11,14-17,26,31H,18-21H2,1H3,(H,30,36)(H,32,34)(H,33,35)/t26-/m0/s1. The van der Waals surface area contributed by atoms with Crippen molar-refractivity contribution in [1.29, 1.82) is 0 Å². The molecule has 4 N–H and O–H groups in total. The van der Waals surface area contributed by atoms with Crippen LogP contribution in [0.4, 0.5) is 0 Å². The molecule has 3 amide bonds. The average molecular weight is 483 g/mol. The van der Waals surface area contributed by atoms with Crippen molar-refractivity contribution < 1.29 is 14.4 Å². The van der Waals surface area contributed by atoms with Crippen LogP contribution in [0.2, 0.25) is 0 Å². The van der Waals surface area contributed by atoms with Crippen LogP contribution in [-0.4, -0.2) is 50.4 Å². The van der Waals surface area contributed by atoms with Gasteiger partial charge in [-0.05, 0) is 54.9 Å². The van der Waals surface area contributed by atoms with Gasteiger partial charge in [0.05, 0.1) is 6.54 Å². The number of amides is 3. The molecule has 0 saturated heterocycles. The summed E-state index contributed by atoms with van der Waals surface area (Å²) in [6, 6.07) is 25.5. The molecule has 3 aromatic rings. The Hall–Kier alpha value is -4.41. The minimum absolute atomic E-state index is 0.0226. The predicted molar refractivity (Wildman–Crippen MR) is 140 cm³/mol. The van der Waals surface area contributed by atoms with Gasteiger partial charge in [-0.2, -0.15) is 0 Å². The monoisotopic (exact) mass is 482 g/mol. The molecule has 0 aliphatic rings. The number of likely N-dealkylation sites (N-methyl/N-ethyl adjacent to an activating group) is 1. The van der Waals surface area contributed by atoms with Gasteiger partial charge >= 0.3 is 0 Å². The van der Waals surface area contributed by atoms with E-state index in [2.05, 4.69) is 33.1 Å². The second-order valence-corrected chi connectivity index (χ2v) is 8.05. The zero-order valence-corrected chi connectivity index (χ0v) is 20.2. The van der Waals surface area contributed by atoms with E-state index in [1.165, 1.54) is 12.6 Å². The fourth-order valence-electron chi connectivity index (χ4n) is 3.35. The fraction of sp³-hybridized carbons (Fsp3) is 0.207. The number of benzene rings is 3. The molecule has 0 radical (unpaired) electrons. The van der Waals surface area contributed by atoms with E-state index < -0.39 is 17.9 Å². The maximum absolute atomic E-state index is 12.7. The van der Waals surface area contributed by atoms with Gasteiger partial charge in [0.25, 0.3) is 5.91 Å². The van der Waals surface area contributed by atoms with E-state index in [0.29, 0.717) is 12.1 Å². The molecule has 36 heavy (non-hydrogen) atoms. The third-order valence-electron chi connectivity index (χ3n) is 5.36. The van der Waals surface area contributed by atoms with Crippen LogP contribution in [0.5, 0.6) is 0 Å². The molecule has 7 nitrogen and oxygen atoms in total. The molecule has 3 aromatic carbocycles. The third kappa shape index (κ3) is 8.75. The quantitative estimate of drug-likeness (QED) is 0.262. The average Bonchev–Trinajstić information content (AvgIpc) is 2.93. The first-order valence-corrected chi connectivity index (χ1v) is 11.8. The van der Waals surface area contributed by atoms with Crippen molar-refractivity contribution in [3.63, 3.8) is 0 Å².